The number of likely N-dealkylation sites (N-methyl/N-ethyl adjacent to an activating group) is 1. The highest BCUT2D eigenvalue weighted by atomic mass is 79.9. The van der Waals surface area contributed by atoms with E-state index < -0.39 is 16.1 Å². The van der Waals surface area contributed by atoms with Crippen molar-refractivity contribution < 1.29 is 13.2 Å². The lowest BCUT2D eigenvalue weighted by molar-refractivity contribution is -0.133. The molecular formula is C17H18BrN3O3S3. The summed E-state index contributed by atoms with van der Waals surface area (Å²) in [5.74, 6) is 0.649. The summed E-state index contributed by atoms with van der Waals surface area (Å²) < 4.78 is 28.5. The van der Waals surface area contributed by atoms with E-state index in [4.69, 9.17) is 0 Å². The molecule has 0 bridgehead atoms. The maximum Gasteiger partial charge on any atom is 0.262 e. The summed E-state index contributed by atoms with van der Waals surface area (Å²) in [7, 11) is -2.05. The van der Waals surface area contributed by atoms with E-state index in [9.17, 15) is 13.2 Å². The molecule has 1 aliphatic carbocycles. The van der Waals surface area contributed by atoms with Gasteiger partial charge in [-0.05, 0) is 25.0 Å². The third-order valence-corrected chi connectivity index (χ3v) is 9.20. The minimum atomic E-state index is -3.81. The van der Waals surface area contributed by atoms with Crippen molar-refractivity contribution in [1.82, 2.24) is 14.2 Å². The Morgan fingerprint density at radius 1 is 1.30 bits per heavy atom. The maximum absolute atomic E-state index is 13.1. The Labute approximate surface area is 175 Å². The van der Waals surface area contributed by atoms with E-state index in [0.29, 0.717) is 10.8 Å². The Bertz CT molecular complexity index is 957. The van der Waals surface area contributed by atoms with Crippen molar-refractivity contribution in [3.63, 3.8) is 0 Å². The summed E-state index contributed by atoms with van der Waals surface area (Å²) in [6.45, 7) is 0. The van der Waals surface area contributed by atoms with Crippen LogP contribution in [0.15, 0.2) is 39.1 Å². The molecule has 1 unspecified atom stereocenters. The Hall–Kier alpha value is -0.940. The lowest BCUT2D eigenvalue weighted by atomic mass is 10.2. The van der Waals surface area contributed by atoms with Gasteiger partial charge in [0.05, 0.1) is 5.88 Å². The minimum absolute atomic E-state index is 0.0137. The van der Waals surface area contributed by atoms with Gasteiger partial charge in [0.25, 0.3) is 10.0 Å². The minimum Gasteiger partial charge on any atom is -0.341 e. The largest absolute Gasteiger partial charge is 0.341 e. The number of carbonyl (C=O) groups excluding carboxylic acids is 1. The van der Waals surface area contributed by atoms with Gasteiger partial charge in [-0.3, -0.25) is 4.79 Å². The molecule has 1 saturated carbocycles. The predicted octanol–water partition coefficient (Wildman–Crippen LogP) is 3.26. The molecule has 2 heterocycles. The second kappa shape index (κ2) is 7.47. The number of nitrogens with zero attached hydrogens (tertiary/aromatic N) is 3. The molecule has 1 aromatic heterocycles. The number of thioether (sulfide) groups is 1. The SMILES string of the molecule is CN(C(=O)C1CSCN1S(=O)(=O)c1csc(-c2ccc(Br)cc2)n1)C1CC1. The molecule has 1 aromatic carbocycles. The zero-order valence-electron chi connectivity index (χ0n) is 14.5. The summed E-state index contributed by atoms with van der Waals surface area (Å²) in [6.07, 6.45) is 2.00. The van der Waals surface area contributed by atoms with E-state index in [-0.39, 0.29) is 22.9 Å². The molecule has 0 N–H and O–H groups in total. The highest BCUT2D eigenvalue weighted by Gasteiger charge is 2.44. The van der Waals surface area contributed by atoms with E-state index in [1.54, 1.807) is 17.3 Å². The number of halogens is 1. The first-order valence-corrected chi connectivity index (χ1v) is 12.7. The van der Waals surface area contributed by atoms with E-state index in [2.05, 4.69) is 20.9 Å². The Morgan fingerprint density at radius 2 is 2.00 bits per heavy atom. The molecule has 2 aromatic rings. The molecule has 2 fully saturated rings. The Kier molecular flexibility index (Phi) is 5.36. The fraction of sp³-hybridized carbons (Fsp3) is 0.412. The number of thiazole rings is 1. The molecular weight excluding hydrogens is 470 g/mol. The number of rotatable bonds is 5. The summed E-state index contributed by atoms with van der Waals surface area (Å²) >= 11 is 6.14. The Balaban J connectivity index is 1.59. The number of benzene rings is 1. The standard InChI is InChI=1S/C17H18BrN3O3S3/c1-20(13-6-7-13)17(22)14-8-25-10-21(14)27(23,24)15-9-26-16(19-15)11-2-4-12(18)5-3-11/h2-5,9,13-14H,6-8,10H2,1H3. The van der Waals surface area contributed by atoms with Gasteiger partial charge in [-0.15, -0.1) is 23.1 Å². The van der Waals surface area contributed by atoms with Crippen LogP contribution in [0, 0.1) is 0 Å². The first-order valence-electron chi connectivity index (χ1n) is 8.45. The third-order valence-electron chi connectivity index (χ3n) is 4.72. The van der Waals surface area contributed by atoms with Crippen LogP contribution in [0.2, 0.25) is 0 Å². The van der Waals surface area contributed by atoms with Crippen molar-refractivity contribution in [1.29, 1.82) is 0 Å². The molecule has 1 amide bonds. The summed E-state index contributed by atoms with van der Waals surface area (Å²) in [4.78, 5) is 18.8. The molecule has 144 valence electrons. The van der Waals surface area contributed by atoms with Crippen molar-refractivity contribution in [2.24, 2.45) is 0 Å². The molecule has 4 rings (SSSR count). The van der Waals surface area contributed by atoms with Gasteiger partial charge in [0, 0.05) is 34.3 Å². The monoisotopic (exact) mass is 487 g/mol. The van der Waals surface area contributed by atoms with Crippen LogP contribution in [0.5, 0.6) is 0 Å². The van der Waals surface area contributed by atoms with Crippen LogP contribution >= 0.6 is 39.0 Å². The predicted molar refractivity (Wildman–Crippen MR) is 111 cm³/mol. The van der Waals surface area contributed by atoms with Crippen LogP contribution in [-0.4, -0.2) is 59.3 Å². The summed E-state index contributed by atoms with van der Waals surface area (Å²) in [5, 5.41) is 2.22. The van der Waals surface area contributed by atoms with Crippen LogP contribution in [0.1, 0.15) is 12.8 Å². The van der Waals surface area contributed by atoms with E-state index in [0.717, 1.165) is 22.9 Å². The average molecular weight is 488 g/mol. The van der Waals surface area contributed by atoms with E-state index in [1.807, 2.05) is 24.3 Å². The number of hydrogen-bond acceptors (Lipinski definition) is 6. The third kappa shape index (κ3) is 3.82. The number of carbonyl (C=O) groups is 1. The first kappa shape index (κ1) is 19.4. The van der Waals surface area contributed by atoms with Crippen molar-refractivity contribution in [3.05, 3.63) is 34.1 Å². The van der Waals surface area contributed by atoms with Gasteiger partial charge in [0.2, 0.25) is 5.91 Å². The van der Waals surface area contributed by atoms with Crippen LogP contribution in [0.3, 0.4) is 0 Å². The first-order chi connectivity index (χ1) is 12.9. The van der Waals surface area contributed by atoms with Gasteiger partial charge in [0.15, 0.2) is 5.03 Å². The van der Waals surface area contributed by atoms with Crippen LogP contribution in [0.25, 0.3) is 10.6 Å². The van der Waals surface area contributed by atoms with Gasteiger partial charge in [-0.1, -0.05) is 28.1 Å². The average Bonchev–Trinajstić information content (AvgIpc) is 3.17. The zero-order valence-corrected chi connectivity index (χ0v) is 18.6. The normalized spacial score (nSPS) is 20.7. The fourth-order valence-corrected chi connectivity index (χ4v) is 7.43. The van der Waals surface area contributed by atoms with Crippen LogP contribution in [0.4, 0.5) is 0 Å². The summed E-state index contributed by atoms with van der Waals surface area (Å²) in [6, 6.07) is 7.18. The van der Waals surface area contributed by atoms with Gasteiger partial charge < -0.3 is 4.90 Å². The molecule has 0 radical (unpaired) electrons. The quantitative estimate of drug-likeness (QED) is 0.647. The Morgan fingerprint density at radius 3 is 2.67 bits per heavy atom. The van der Waals surface area contributed by atoms with E-state index in [1.165, 1.54) is 27.4 Å². The molecule has 1 atom stereocenters. The van der Waals surface area contributed by atoms with Gasteiger partial charge >= 0.3 is 0 Å². The van der Waals surface area contributed by atoms with Crippen LogP contribution < -0.4 is 0 Å². The molecule has 27 heavy (non-hydrogen) atoms. The molecule has 1 aliphatic heterocycles. The topological polar surface area (TPSA) is 70.6 Å². The highest BCUT2D eigenvalue weighted by Crippen LogP contribution is 2.34. The number of aromatic nitrogens is 1. The number of sulfonamides is 1. The van der Waals surface area contributed by atoms with Gasteiger partial charge in [-0.2, -0.15) is 4.31 Å². The number of amides is 1. The van der Waals surface area contributed by atoms with Gasteiger partial charge in [0.1, 0.15) is 11.0 Å². The molecule has 1 saturated heterocycles. The maximum atomic E-state index is 13.1. The van der Waals surface area contributed by atoms with E-state index >= 15 is 0 Å². The molecule has 6 nitrogen and oxygen atoms in total. The van der Waals surface area contributed by atoms with Crippen molar-refractivity contribution in [3.8, 4) is 10.6 Å². The van der Waals surface area contributed by atoms with Gasteiger partial charge in [-0.25, -0.2) is 13.4 Å². The van der Waals surface area contributed by atoms with Crippen molar-refractivity contribution in [2.45, 2.75) is 30.0 Å². The molecule has 10 heteroatoms. The lowest BCUT2D eigenvalue weighted by Crippen LogP contribution is -2.48. The second-order valence-electron chi connectivity index (χ2n) is 6.59. The lowest BCUT2D eigenvalue weighted by Gasteiger charge is -2.26. The van der Waals surface area contributed by atoms with Crippen molar-refractivity contribution >= 4 is 55.0 Å². The molecule has 0 spiro atoms. The molecule has 2 aliphatic rings. The number of hydrogen-bond donors (Lipinski definition) is 0. The highest BCUT2D eigenvalue weighted by molar-refractivity contribution is 9.10. The zero-order chi connectivity index (χ0) is 19.2. The van der Waals surface area contributed by atoms with Crippen molar-refractivity contribution in [2.75, 3.05) is 18.7 Å². The second-order valence-corrected chi connectivity index (χ2v) is 11.2. The summed E-state index contributed by atoms with van der Waals surface area (Å²) in [5.41, 5.74) is 0.863. The van der Waals surface area contributed by atoms with Crippen LogP contribution in [-0.2, 0) is 14.8 Å². The smallest absolute Gasteiger partial charge is 0.262 e. The fourth-order valence-electron chi connectivity index (χ4n) is 2.96.